The lowest BCUT2D eigenvalue weighted by Gasteiger charge is -2.22. The molecule has 0 spiro atoms. The summed E-state index contributed by atoms with van der Waals surface area (Å²) in [6.07, 6.45) is 2.33. The van der Waals surface area contributed by atoms with Crippen LogP contribution in [0.3, 0.4) is 0 Å². The Morgan fingerprint density at radius 1 is 1.46 bits per heavy atom. The average Bonchev–Trinajstić information content (AvgIpc) is 3.15. The largest absolute Gasteiger partial charge is 0.384 e. The van der Waals surface area contributed by atoms with E-state index in [0.29, 0.717) is 17.9 Å². The van der Waals surface area contributed by atoms with Gasteiger partial charge < -0.3 is 15.0 Å². The quantitative estimate of drug-likeness (QED) is 0.410. The number of methoxy groups -OCH3 is 1. The van der Waals surface area contributed by atoms with Crippen molar-refractivity contribution in [2.75, 3.05) is 33.4 Å². The third-order valence-corrected chi connectivity index (χ3v) is 4.91. The SMILES string of the molecule is CCN=C(NC1CC1c1cccc(Cl)c1)N1CCC(COC)C1.I. The van der Waals surface area contributed by atoms with Gasteiger partial charge in [0.25, 0.3) is 0 Å². The molecule has 1 aliphatic heterocycles. The minimum atomic E-state index is 0. The summed E-state index contributed by atoms with van der Waals surface area (Å²) >= 11 is 6.11. The molecule has 1 N–H and O–H groups in total. The maximum Gasteiger partial charge on any atom is 0.194 e. The number of rotatable bonds is 5. The van der Waals surface area contributed by atoms with Crippen LogP contribution < -0.4 is 5.32 Å². The average molecular weight is 464 g/mol. The Morgan fingerprint density at radius 3 is 3.00 bits per heavy atom. The Morgan fingerprint density at radius 2 is 2.29 bits per heavy atom. The maximum atomic E-state index is 6.11. The third-order valence-electron chi connectivity index (χ3n) is 4.68. The van der Waals surface area contributed by atoms with Crippen molar-refractivity contribution in [1.29, 1.82) is 0 Å². The van der Waals surface area contributed by atoms with Crippen LogP contribution in [-0.2, 0) is 4.74 Å². The Balaban J connectivity index is 0.00000208. The molecule has 3 rings (SSSR count). The van der Waals surface area contributed by atoms with Crippen LogP contribution >= 0.6 is 35.6 Å². The minimum absolute atomic E-state index is 0. The standard InChI is InChI=1S/C18H26ClN3O.HI/c1-3-20-18(22-8-7-13(11-22)12-23-2)21-17-10-16(17)14-5-4-6-15(19)9-14;/h4-6,9,13,16-17H,3,7-8,10-12H2,1-2H3,(H,20,21);1H. The molecule has 1 saturated heterocycles. The smallest absolute Gasteiger partial charge is 0.194 e. The zero-order valence-electron chi connectivity index (χ0n) is 14.4. The highest BCUT2D eigenvalue weighted by Crippen LogP contribution is 2.41. The number of benzene rings is 1. The highest BCUT2D eigenvalue weighted by atomic mass is 127. The van der Waals surface area contributed by atoms with E-state index in [2.05, 4.69) is 29.3 Å². The van der Waals surface area contributed by atoms with Crippen molar-refractivity contribution < 1.29 is 4.74 Å². The molecule has 1 aromatic carbocycles. The molecule has 3 unspecified atom stereocenters. The molecule has 2 aliphatic rings. The third kappa shape index (κ3) is 4.99. The number of likely N-dealkylation sites (tertiary alicyclic amines) is 1. The van der Waals surface area contributed by atoms with Gasteiger partial charge in [0.15, 0.2) is 5.96 Å². The van der Waals surface area contributed by atoms with Crippen LogP contribution in [0.4, 0.5) is 0 Å². The fraction of sp³-hybridized carbons (Fsp3) is 0.611. The van der Waals surface area contributed by atoms with Gasteiger partial charge in [-0.2, -0.15) is 0 Å². The lowest BCUT2D eigenvalue weighted by atomic mass is 10.1. The summed E-state index contributed by atoms with van der Waals surface area (Å²) in [7, 11) is 1.78. The van der Waals surface area contributed by atoms with Crippen LogP contribution in [0.5, 0.6) is 0 Å². The molecular weight excluding hydrogens is 437 g/mol. The van der Waals surface area contributed by atoms with Gasteiger partial charge in [-0.05, 0) is 37.5 Å². The first-order chi connectivity index (χ1) is 11.2. The molecule has 24 heavy (non-hydrogen) atoms. The van der Waals surface area contributed by atoms with E-state index >= 15 is 0 Å². The molecule has 3 atom stereocenters. The van der Waals surface area contributed by atoms with Crippen LogP contribution in [0.1, 0.15) is 31.2 Å². The van der Waals surface area contributed by atoms with E-state index in [-0.39, 0.29) is 24.0 Å². The topological polar surface area (TPSA) is 36.9 Å². The molecule has 1 aromatic rings. The molecule has 0 aromatic heterocycles. The zero-order valence-corrected chi connectivity index (χ0v) is 17.5. The molecular formula is C18H27ClIN3O. The number of nitrogens with zero attached hydrogens (tertiary/aromatic N) is 2. The number of nitrogens with one attached hydrogen (secondary N) is 1. The molecule has 4 nitrogen and oxygen atoms in total. The van der Waals surface area contributed by atoms with E-state index in [1.807, 2.05) is 12.1 Å². The second-order valence-electron chi connectivity index (χ2n) is 6.50. The van der Waals surface area contributed by atoms with Crippen LogP contribution in [0.25, 0.3) is 0 Å². The number of guanidine groups is 1. The summed E-state index contributed by atoms with van der Waals surface area (Å²) in [6.45, 7) is 5.83. The van der Waals surface area contributed by atoms with E-state index < -0.39 is 0 Å². The number of hydrogen-bond acceptors (Lipinski definition) is 2. The molecule has 1 heterocycles. The monoisotopic (exact) mass is 463 g/mol. The minimum Gasteiger partial charge on any atom is -0.384 e. The van der Waals surface area contributed by atoms with Crippen molar-refractivity contribution in [1.82, 2.24) is 10.2 Å². The van der Waals surface area contributed by atoms with Crippen molar-refractivity contribution in [2.24, 2.45) is 10.9 Å². The van der Waals surface area contributed by atoms with E-state index in [0.717, 1.165) is 43.6 Å². The van der Waals surface area contributed by atoms with Crippen LogP contribution in [0.15, 0.2) is 29.3 Å². The van der Waals surface area contributed by atoms with E-state index in [1.165, 1.54) is 12.0 Å². The first-order valence-electron chi connectivity index (χ1n) is 8.51. The zero-order chi connectivity index (χ0) is 16.2. The summed E-state index contributed by atoms with van der Waals surface area (Å²) in [4.78, 5) is 7.07. The van der Waals surface area contributed by atoms with Crippen molar-refractivity contribution >= 4 is 41.5 Å². The molecule has 2 fully saturated rings. The molecule has 0 amide bonds. The van der Waals surface area contributed by atoms with Crippen LogP contribution in [0, 0.1) is 5.92 Å². The van der Waals surface area contributed by atoms with Crippen LogP contribution in [-0.4, -0.2) is 50.3 Å². The predicted molar refractivity (Wildman–Crippen MR) is 111 cm³/mol. The lowest BCUT2D eigenvalue weighted by Crippen LogP contribution is -2.42. The first-order valence-corrected chi connectivity index (χ1v) is 8.89. The van der Waals surface area contributed by atoms with Crippen molar-refractivity contribution in [3.63, 3.8) is 0 Å². The van der Waals surface area contributed by atoms with E-state index in [9.17, 15) is 0 Å². The molecule has 1 aliphatic carbocycles. The highest BCUT2D eigenvalue weighted by molar-refractivity contribution is 14.0. The number of halogens is 2. The first kappa shape index (κ1) is 19.8. The van der Waals surface area contributed by atoms with E-state index in [4.69, 9.17) is 21.3 Å². The van der Waals surface area contributed by atoms with Gasteiger partial charge in [0.05, 0.1) is 6.61 Å². The van der Waals surface area contributed by atoms with Gasteiger partial charge in [-0.1, -0.05) is 23.7 Å². The lowest BCUT2D eigenvalue weighted by molar-refractivity contribution is 0.157. The Labute approximate surface area is 167 Å². The summed E-state index contributed by atoms with van der Waals surface area (Å²) in [5.74, 6) is 2.22. The van der Waals surface area contributed by atoms with Gasteiger partial charge in [-0.25, -0.2) is 0 Å². The summed E-state index contributed by atoms with van der Waals surface area (Å²) in [5, 5.41) is 4.47. The van der Waals surface area contributed by atoms with Crippen molar-refractivity contribution in [3.8, 4) is 0 Å². The number of hydrogen-bond donors (Lipinski definition) is 1. The summed E-state index contributed by atoms with van der Waals surface area (Å²) in [5.41, 5.74) is 1.32. The molecule has 0 radical (unpaired) electrons. The Bertz CT molecular complexity index is 569. The van der Waals surface area contributed by atoms with Gasteiger partial charge in [0.1, 0.15) is 0 Å². The summed E-state index contributed by atoms with van der Waals surface area (Å²) in [6, 6.07) is 8.68. The number of aliphatic imine (C=N–C) groups is 1. The Kier molecular flexibility index (Phi) is 7.62. The summed E-state index contributed by atoms with van der Waals surface area (Å²) < 4.78 is 5.29. The second kappa shape index (κ2) is 9.25. The highest BCUT2D eigenvalue weighted by Gasteiger charge is 2.40. The van der Waals surface area contributed by atoms with Gasteiger partial charge >= 0.3 is 0 Å². The Hall–Kier alpha value is -0.530. The number of ether oxygens (including phenoxy) is 1. The van der Waals surface area contributed by atoms with Gasteiger partial charge in [0, 0.05) is 49.6 Å². The second-order valence-corrected chi connectivity index (χ2v) is 6.94. The molecule has 0 bridgehead atoms. The van der Waals surface area contributed by atoms with Crippen molar-refractivity contribution in [3.05, 3.63) is 34.9 Å². The van der Waals surface area contributed by atoms with Crippen molar-refractivity contribution in [2.45, 2.75) is 31.7 Å². The normalized spacial score (nSPS) is 26.2. The molecule has 1 saturated carbocycles. The predicted octanol–water partition coefficient (Wildman–Crippen LogP) is 3.75. The molecule has 134 valence electrons. The van der Waals surface area contributed by atoms with Crippen LogP contribution in [0.2, 0.25) is 5.02 Å². The molecule has 6 heteroatoms. The van der Waals surface area contributed by atoms with Gasteiger partial charge in [0.2, 0.25) is 0 Å². The fourth-order valence-electron chi connectivity index (χ4n) is 3.41. The van der Waals surface area contributed by atoms with Gasteiger partial charge in [-0.15, -0.1) is 24.0 Å². The van der Waals surface area contributed by atoms with Gasteiger partial charge in [-0.3, -0.25) is 4.99 Å². The maximum absolute atomic E-state index is 6.11. The fourth-order valence-corrected chi connectivity index (χ4v) is 3.61. The van der Waals surface area contributed by atoms with E-state index in [1.54, 1.807) is 7.11 Å².